The van der Waals surface area contributed by atoms with Gasteiger partial charge >= 0.3 is 0 Å². The molecule has 1 aliphatic carbocycles. The van der Waals surface area contributed by atoms with Crippen LogP contribution in [0, 0.1) is 5.82 Å². The quantitative estimate of drug-likeness (QED) is 0.691. The molecule has 2 aliphatic heterocycles. The van der Waals surface area contributed by atoms with Crippen LogP contribution in [0.25, 0.3) is 6.08 Å². The van der Waals surface area contributed by atoms with Crippen molar-refractivity contribution in [3.63, 3.8) is 0 Å². The van der Waals surface area contributed by atoms with E-state index in [1.165, 1.54) is 12.3 Å². The van der Waals surface area contributed by atoms with Gasteiger partial charge in [-0.1, -0.05) is 0 Å². The predicted octanol–water partition coefficient (Wildman–Crippen LogP) is 2.87. The number of anilines is 1. The maximum absolute atomic E-state index is 13.4. The van der Waals surface area contributed by atoms with Crippen molar-refractivity contribution in [2.24, 2.45) is 0 Å². The summed E-state index contributed by atoms with van der Waals surface area (Å²) in [6.45, 7) is 0.538. The van der Waals surface area contributed by atoms with Crippen LogP contribution in [-0.2, 0) is 11.3 Å². The molecule has 2 N–H and O–H groups in total. The highest BCUT2D eigenvalue weighted by atomic mass is 32.2. The molecule has 4 heterocycles. The third-order valence-corrected chi connectivity index (χ3v) is 6.27. The molecule has 11 heteroatoms. The molecule has 0 unspecified atom stereocenters. The molecule has 0 bridgehead atoms. The predicted molar refractivity (Wildman–Crippen MR) is 111 cm³/mol. The highest BCUT2D eigenvalue weighted by Crippen LogP contribution is 2.33. The van der Waals surface area contributed by atoms with Gasteiger partial charge in [0.25, 0.3) is 11.1 Å². The summed E-state index contributed by atoms with van der Waals surface area (Å²) in [5.74, 6) is 0.202. The SMILES string of the molecule is O=C1NC(=O)/C(=C/c2ccnc(NC3CCC(N4Cc5cc(F)cnc5O4)CC3)n2)S1. The Morgan fingerprint density at radius 1 is 1.26 bits per heavy atom. The van der Waals surface area contributed by atoms with Crippen LogP contribution >= 0.6 is 11.8 Å². The van der Waals surface area contributed by atoms with Crippen LogP contribution in [0.15, 0.2) is 29.4 Å². The lowest BCUT2D eigenvalue weighted by Crippen LogP contribution is -2.40. The first kappa shape index (κ1) is 19.9. The second kappa shape index (κ2) is 8.23. The fraction of sp³-hybridized carbons (Fsp3) is 0.350. The average molecular weight is 442 g/mol. The van der Waals surface area contributed by atoms with E-state index in [0.29, 0.717) is 29.0 Å². The second-order valence-corrected chi connectivity index (χ2v) is 8.61. The molecule has 0 aromatic carbocycles. The number of pyridine rings is 1. The summed E-state index contributed by atoms with van der Waals surface area (Å²) in [7, 11) is 0. The van der Waals surface area contributed by atoms with Gasteiger partial charge in [-0.3, -0.25) is 14.9 Å². The van der Waals surface area contributed by atoms with Crippen molar-refractivity contribution >= 4 is 34.9 Å². The molecule has 1 saturated heterocycles. The lowest BCUT2D eigenvalue weighted by Gasteiger charge is -2.33. The van der Waals surface area contributed by atoms with Crippen molar-refractivity contribution in [1.82, 2.24) is 25.3 Å². The van der Waals surface area contributed by atoms with E-state index in [9.17, 15) is 14.0 Å². The minimum atomic E-state index is -0.411. The molecule has 1 saturated carbocycles. The number of carbonyl (C=O) groups excluding carboxylic acids is 2. The highest BCUT2D eigenvalue weighted by molar-refractivity contribution is 8.18. The van der Waals surface area contributed by atoms with Gasteiger partial charge in [0, 0.05) is 23.8 Å². The number of carbonyl (C=O) groups is 2. The van der Waals surface area contributed by atoms with Gasteiger partial charge in [0.15, 0.2) is 0 Å². The number of hydrogen-bond donors (Lipinski definition) is 2. The second-order valence-electron chi connectivity index (χ2n) is 7.59. The number of hydroxylamine groups is 2. The summed E-state index contributed by atoms with van der Waals surface area (Å²) in [4.78, 5) is 41.8. The summed E-state index contributed by atoms with van der Waals surface area (Å²) in [5, 5.41) is 7.09. The van der Waals surface area contributed by atoms with Gasteiger partial charge in [-0.2, -0.15) is 0 Å². The first-order valence-corrected chi connectivity index (χ1v) is 10.8. The number of thioether (sulfide) groups is 1. The van der Waals surface area contributed by atoms with E-state index in [1.807, 2.05) is 5.06 Å². The summed E-state index contributed by atoms with van der Waals surface area (Å²) in [6, 6.07) is 3.61. The van der Waals surface area contributed by atoms with Crippen molar-refractivity contribution in [2.75, 3.05) is 5.32 Å². The van der Waals surface area contributed by atoms with E-state index >= 15 is 0 Å². The fourth-order valence-corrected chi connectivity index (χ4v) is 4.61. The van der Waals surface area contributed by atoms with Gasteiger partial charge in [0.2, 0.25) is 11.8 Å². The Hall–Kier alpha value is -3.05. The monoisotopic (exact) mass is 442 g/mol. The number of rotatable bonds is 4. The summed E-state index contributed by atoms with van der Waals surface area (Å²) < 4.78 is 13.4. The van der Waals surface area contributed by atoms with Gasteiger partial charge in [-0.15, -0.1) is 5.06 Å². The van der Waals surface area contributed by atoms with E-state index in [4.69, 9.17) is 4.84 Å². The molecule has 5 rings (SSSR count). The summed E-state index contributed by atoms with van der Waals surface area (Å²) in [5.41, 5.74) is 1.33. The largest absolute Gasteiger partial charge is 0.385 e. The zero-order valence-electron chi connectivity index (χ0n) is 16.4. The Morgan fingerprint density at radius 3 is 2.87 bits per heavy atom. The Balaban J connectivity index is 1.17. The number of hydrogen-bond acceptors (Lipinski definition) is 9. The smallest absolute Gasteiger partial charge is 0.290 e. The number of aromatic nitrogens is 3. The molecule has 31 heavy (non-hydrogen) atoms. The molecule has 2 amide bonds. The zero-order chi connectivity index (χ0) is 21.4. The molecule has 3 aliphatic rings. The van der Waals surface area contributed by atoms with Crippen LogP contribution in [0.1, 0.15) is 36.9 Å². The molecular formula is C20H19FN6O3S. The van der Waals surface area contributed by atoms with Crippen LogP contribution in [0.2, 0.25) is 0 Å². The van der Waals surface area contributed by atoms with Gasteiger partial charge in [-0.25, -0.2) is 19.3 Å². The third kappa shape index (κ3) is 4.37. The number of imide groups is 1. The number of amides is 2. The first-order valence-electron chi connectivity index (χ1n) is 9.97. The molecule has 2 aromatic heterocycles. The van der Waals surface area contributed by atoms with Crippen molar-refractivity contribution in [3.8, 4) is 5.88 Å². The summed E-state index contributed by atoms with van der Waals surface area (Å²) in [6.07, 6.45) is 8.01. The van der Waals surface area contributed by atoms with E-state index in [-0.39, 0.29) is 23.1 Å². The van der Waals surface area contributed by atoms with Crippen molar-refractivity contribution < 1.29 is 18.8 Å². The van der Waals surface area contributed by atoms with Crippen molar-refractivity contribution in [3.05, 3.63) is 46.5 Å². The van der Waals surface area contributed by atoms with Gasteiger partial charge in [0.1, 0.15) is 5.82 Å². The molecule has 2 aromatic rings. The van der Waals surface area contributed by atoms with Gasteiger partial charge in [0.05, 0.1) is 23.3 Å². The Morgan fingerprint density at radius 2 is 2.10 bits per heavy atom. The lowest BCUT2D eigenvalue weighted by atomic mass is 9.91. The number of fused-ring (bicyclic) bond motifs is 1. The highest BCUT2D eigenvalue weighted by Gasteiger charge is 2.32. The molecule has 2 fully saturated rings. The molecular weight excluding hydrogens is 423 g/mol. The molecule has 0 atom stereocenters. The van der Waals surface area contributed by atoms with Crippen LogP contribution in [0.5, 0.6) is 5.88 Å². The van der Waals surface area contributed by atoms with E-state index < -0.39 is 5.91 Å². The standard InChI is InChI=1S/C20H19FN6O3S/c21-12-7-11-10-27(30-18(11)23-9-12)15-3-1-13(2-4-15)24-19-22-6-5-14(25-19)8-16-17(28)26-20(29)31-16/h5-9,13,15H,1-4,10H2,(H,22,24,25)(H,26,28,29)/b16-8-. The molecule has 0 radical (unpaired) electrons. The number of nitrogens with one attached hydrogen (secondary N) is 2. The lowest BCUT2D eigenvalue weighted by molar-refractivity contribution is -0.115. The van der Waals surface area contributed by atoms with Crippen LogP contribution in [0.4, 0.5) is 15.1 Å². The van der Waals surface area contributed by atoms with Gasteiger partial charge in [-0.05, 0) is 55.7 Å². The number of halogens is 1. The van der Waals surface area contributed by atoms with E-state index in [0.717, 1.165) is 43.0 Å². The summed E-state index contributed by atoms with van der Waals surface area (Å²) >= 11 is 0.858. The van der Waals surface area contributed by atoms with Crippen LogP contribution in [0.3, 0.4) is 0 Å². The Kier molecular flexibility index (Phi) is 5.28. The van der Waals surface area contributed by atoms with Gasteiger partial charge < -0.3 is 10.2 Å². The maximum Gasteiger partial charge on any atom is 0.290 e. The molecule has 9 nitrogen and oxygen atoms in total. The topological polar surface area (TPSA) is 109 Å². The normalized spacial score (nSPS) is 24.7. The van der Waals surface area contributed by atoms with Crippen molar-refractivity contribution in [2.45, 2.75) is 44.3 Å². The zero-order valence-corrected chi connectivity index (χ0v) is 17.2. The van der Waals surface area contributed by atoms with Crippen LogP contribution < -0.4 is 15.5 Å². The Bertz CT molecular complexity index is 1070. The minimum absolute atomic E-state index is 0.213. The van der Waals surface area contributed by atoms with Crippen LogP contribution in [-0.4, -0.2) is 43.2 Å². The molecule has 160 valence electrons. The Labute approximate surface area is 181 Å². The van der Waals surface area contributed by atoms with E-state index in [1.54, 1.807) is 18.3 Å². The first-order chi connectivity index (χ1) is 15.0. The fourth-order valence-electron chi connectivity index (χ4n) is 3.95. The number of nitrogens with zero attached hydrogens (tertiary/aromatic N) is 4. The van der Waals surface area contributed by atoms with E-state index in [2.05, 4.69) is 25.6 Å². The molecule has 0 spiro atoms. The minimum Gasteiger partial charge on any atom is -0.385 e. The third-order valence-electron chi connectivity index (χ3n) is 5.46. The average Bonchev–Trinajstić information content (AvgIpc) is 3.30. The van der Waals surface area contributed by atoms with Crippen molar-refractivity contribution in [1.29, 1.82) is 0 Å². The maximum atomic E-state index is 13.4.